The summed E-state index contributed by atoms with van der Waals surface area (Å²) in [5.74, 6) is 0.941. The van der Waals surface area contributed by atoms with Crippen molar-refractivity contribution in [3.63, 3.8) is 0 Å². The Balaban J connectivity index is 1.91. The molecule has 0 aromatic carbocycles. The number of nitrogens with zero attached hydrogens (tertiary/aromatic N) is 1. The summed E-state index contributed by atoms with van der Waals surface area (Å²) in [6, 6.07) is 4.40. The van der Waals surface area contributed by atoms with Gasteiger partial charge in [-0.25, -0.2) is 4.98 Å². The molecule has 88 valence electrons. The normalized spacial score (nSPS) is 25.4. The van der Waals surface area contributed by atoms with Gasteiger partial charge in [0.2, 0.25) is 0 Å². The van der Waals surface area contributed by atoms with E-state index in [0.29, 0.717) is 11.1 Å². The zero-order valence-corrected chi connectivity index (χ0v) is 11.0. The van der Waals surface area contributed by atoms with Gasteiger partial charge in [-0.2, -0.15) is 11.8 Å². The summed E-state index contributed by atoms with van der Waals surface area (Å²) >= 11 is 7.79. The van der Waals surface area contributed by atoms with Gasteiger partial charge >= 0.3 is 0 Å². The number of nitrogens with one attached hydrogen (secondary N) is 1. The Morgan fingerprint density at radius 3 is 3.00 bits per heavy atom. The van der Waals surface area contributed by atoms with Crippen molar-refractivity contribution in [2.45, 2.75) is 37.0 Å². The van der Waals surface area contributed by atoms with Crippen LogP contribution in [0.25, 0.3) is 0 Å². The standard InChI is InChI=1S/C12H17ClN2S/c1-16-11-4-2-3-10(7-11)15-12-6-5-9(13)8-14-12/h5-6,8,10-11H,2-4,7H2,1H3,(H,14,15). The first kappa shape index (κ1) is 12.1. The van der Waals surface area contributed by atoms with E-state index in [1.54, 1.807) is 6.20 Å². The van der Waals surface area contributed by atoms with Crippen LogP contribution in [0.3, 0.4) is 0 Å². The number of aromatic nitrogens is 1. The van der Waals surface area contributed by atoms with Gasteiger partial charge in [-0.3, -0.25) is 0 Å². The van der Waals surface area contributed by atoms with Crippen LogP contribution < -0.4 is 5.32 Å². The summed E-state index contributed by atoms with van der Waals surface area (Å²) in [6.07, 6.45) is 9.06. The van der Waals surface area contributed by atoms with Gasteiger partial charge in [-0.1, -0.05) is 18.0 Å². The molecule has 1 N–H and O–H groups in total. The van der Waals surface area contributed by atoms with E-state index >= 15 is 0 Å². The maximum atomic E-state index is 5.81. The first-order valence-corrected chi connectivity index (χ1v) is 7.35. The van der Waals surface area contributed by atoms with Gasteiger partial charge < -0.3 is 5.32 Å². The van der Waals surface area contributed by atoms with Gasteiger partial charge in [0.15, 0.2) is 0 Å². The number of thioether (sulfide) groups is 1. The molecule has 2 atom stereocenters. The lowest BCUT2D eigenvalue weighted by atomic mass is 9.95. The molecule has 1 aromatic rings. The molecule has 0 spiro atoms. The highest BCUT2D eigenvalue weighted by Crippen LogP contribution is 2.28. The molecule has 0 bridgehead atoms. The smallest absolute Gasteiger partial charge is 0.126 e. The third-order valence-corrected chi connectivity index (χ3v) is 4.36. The largest absolute Gasteiger partial charge is 0.367 e. The second-order valence-corrected chi connectivity index (χ2v) is 5.80. The first-order chi connectivity index (χ1) is 7.78. The van der Waals surface area contributed by atoms with Gasteiger partial charge in [0.1, 0.15) is 5.82 Å². The van der Waals surface area contributed by atoms with Crippen LogP contribution in [-0.4, -0.2) is 22.5 Å². The van der Waals surface area contributed by atoms with E-state index < -0.39 is 0 Å². The van der Waals surface area contributed by atoms with Crippen molar-refractivity contribution in [2.75, 3.05) is 11.6 Å². The molecule has 2 nitrogen and oxygen atoms in total. The maximum absolute atomic E-state index is 5.81. The molecule has 1 aliphatic rings. The fourth-order valence-electron chi connectivity index (χ4n) is 2.16. The van der Waals surface area contributed by atoms with E-state index in [4.69, 9.17) is 11.6 Å². The molecule has 1 aromatic heterocycles. The third kappa shape index (κ3) is 3.29. The Morgan fingerprint density at radius 2 is 2.31 bits per heavy atom. The van der Waals surface area contributed by atoms with E-state index in [2.05, 4.69) is 16.6 Å². The Bertz CT molecular complexity index is 328. The lowest BCUT2D eigenvalue weighted by Gasteiger charge is -2.29. The molecule has 0 saturated heterocycles. The number of pyridine rings is 1. The summed E-state index contributed by atoms with van der Waals surface area (Å²) < 4.78 is 0. The predicted octanol–water partition coefficient (Wildman–Crippen LogP) is 3.82. The molecule has 0 radical (unpaired) electrons. The number of rotatable bonds is 3. The zero-order chi connectivity index (χ0) is 11.4. The number of hydrogen-bond acceptors (Lipinski definition) is 3. The van der Waals surface area contributed by atoms with Crippen LogP contribution in [-0.2, 0) is 0 Å². The topological polar surface area (TPSA) is 24.9 Å². The minimum Gasteiger partial charge on any atom is -0.367 e. The second kappa shape index (κ2) is 5.78. The van der Waals surface area contributed by atoms with E-state index in [9.17, 15) is 0 Å². The quantitative estimate of drug-likeness (QED) is 0.890. The third-order valence-electron chi connectivity index (χ3n) is 3.04. The number of hydrogen-bond donors (Lipinski definition) is 1. The van der Waals surface area contributed by atoms with Gasteiger partial charge in [-0.15, -0.1) is 0 Å². The fourth-order valence-corrected chi connectivity index (χ4v) is 3.10. The highest BCUT2D eigenvalue weighted by atomic mass is 35.5. The minimum absolute atomic E-state index is 0.569. The molecular formula is C12H17ClN2S. The van der Waals surface area contributed by atoms with Crippen LogP contribution >= 0.6 is 23.4 Å². The lowest BCUT2D eigenvalue weighted by molar-refractivity contribution is 0.473. The lowest BCUT2D eigenvalue weighted by Crippen LogP contribution is -2.28. The average molecular weight is 257 g/mol. The maximum Gasteiger partial charge on any atom is 0.126 e. The van der Waals surface area contributed by atoms with Crippen molar-refractivity contribution < 1.29 is 0 Å². The fraction of sp³-hybridized carbons (Fsp3) is 0.583. The van der Waals surface area contributed by atoms with Crippen LogP contribution in [0.4, 0.5) is 5.82 Å². The molecule has 1 saturated carbocycles. The van der Waals surface area contributed by atoms with E-state index in [1.165, 1.54) is 25.7 Å². The summed E-state index contributed by atoms with van der Waals surface area (Å²) in [5.41, 5.74) is 0. The van der Waals surface area contributed by atoms with Crippen LogP contribution in [0.2, 0.25) is 5.02 Å². The van der Waals surface area contributed by atoms with Crippen molar-refractivity contribution in [1.82, 2.24) is 4.98 Å². The minimum atomic E-state index is 0.569. The summed E-state index contributed by atoms with van der Waals surface area (Å²) in [4.78, 5) is 4.27. The van der Waals surface area contributed by atoms with E-state index in [1.807, 2.05) is 23.9 Å². The molecule has 1 fully saturated rings. The Labute approximate surface area is 106 Å². The molecular weight excluding hydrogens is 240 g/mol. The first-order valence-electron chi connectivity index (χ1n) is 5.69. The van der Waals surface area contributed by atoms with Crippen molar-refractivity contribution in [3.05, 3.63) is 23.4 Å². The van der Waals surface area contributed by atoms with Crippen molar-refractivity contribution >= 4 is 29.2 Å². The van der Waals surface area contributed by atoms with Crippen LogP contribution in [0.1, 0.15) is 25.7 Å². The Morgan fingerprint density at radius 1 is 1.44 bits per heavy atom. The summed E-state index contributed by atoms with van der Waals surface area (Å²) in [5, 5.41) is 4.98. The van der Waals surface area contributed by atoms with E-state index in [0.717, 1.165) is 11.1 Å². The van der Waals surface area contributed by atoms with Gasteiger partial charge in [0.25, 0.3) is 0 Å². The average Bonchev–Trinajstić information content (AvgIpc) is 2.32. The Hall–Kier alpha value is -0.410. The van der Waals surface area contributed by atoms with Gasteiger partial charge in [-0.05, 0) is 37.7 Å². The zero-order valence-electron chi connectivity index (χ0n) is 9.45. The van der Waals surface area contributed by atoms with E-state index in [-0.39, 0.29) is 0 Å². The SMILES string of the molecule is CSC1CCCC(Nc2ccc(Cl)cn2)C1. The molecule has 4 heteroatoms. The monoisotopic (exact) mass is 256 g/mol. The molecule has 16 heavy (non-hydrogen) atoms. The number of anilines is 1. The van der Waals surface area contributed by atoms with Gasteiger partial charge in [0.05, 0.1) is 5.02 Å². The van der Waals surface area contributed by atoms with Crippen LogP contribution in [0, 0.1) is 0 Å². The number of halogens is 1. The van der Waals surface area contributed by atoms with Gasteiger partial charge in [0, 0.05) is 17.5 Å². The van der Waals surface area contributed by atoms with Crippen LogP contribution in [0.5, 0.6) is 0 Å². The van der Waals surface area contributed by atoms with Crippen molar-refractivity contribution in [1.29, 1.82) is 0 Å². The van der Waals surface area contributed by atoms with Crippen LogP contribution in [0.15, 0.2) is 18.3 Å². The second-order valence-electron chi connectivity index (χ2n) is 4.23. The Kier molecular flexibility index (Phi) is 4.36. The molecule has 0 aliphatic heterocycles. The predicted molar refractivity (Wildman–Crippen MR) is 72.4 cm³/mol. The molecule has 0 amide bonds. The molecule has 2 unspecified atom stereocenters. The van der Waals surface area contributed by atoms with Crippen molar-refractivity contribution in [3.8, 4) is 0 Å². The highest BCUT2D eigenvalue weighted by Gasteiger charge is 2.21. The van der Waals surface area contributed by atoms with Crippen molar-refractivity contribution in [2.24, 2.45) is 0 Å². The highest BCUT2D eigenvalue weighted by molar-refractivity contribution is 7.99. The molecule has 2 rings (SSSR count). The molecule has 1 aliphatic carbocycles. The summed E-state index contributed by atoms with van der Waals surface area (Å²) in [6.45, 7) is 0. The molecule has 1 heterocycles. The summed E-state index contributed by atoms with van der Waals surface area (Å²) in [7, 11) is 0.